The van der Waals surface area contributed by atoms with Gasteiger partial charge in [-0.05, 0) is 37.5 Å². The van der Waals surface area contributed by atoms with Crippen molar-refractivity contribution < 1.29 is 0 Å². The average molecular weight is 462 g/mol. The third-order valence-corrected chi connectivity index (χ3v) is 4.32. The minimum absolute atomic E-state index is 0. The van der Waals surface area contributed by atoms with Gasteiger partial charge in [0.25, 0.3) is 0 Å². The number of hydrogen-bond donors (Lipinski definition) is 2. The van der Waals surface area contributed by atoms with Crippen LogP contribution in [0.1, 0.15) is 22.5 Å². The molecular weight excluding hydrogens is 437 g/mol. The Balaban J connectivity index is 0.00000288. The number of nitrogens with one attached hydrogen (secondary N) is 2. The van der Waals surface area contributed by atoms with Crippen molar-refractivity contribution in [3.63, 3.8) is 0 Å². The third kappa shape index (κ3) is 5.37. The summed E-state index contributed by atoms with van der Waals surface area (Å²) in [5, 5.41) is 11.8. The van der Waals surface area contributed by atoms with Gasteiger partial charge in [-0.3, -0.25) is 9.67 Å². The van der Waals surface area contributed by atoms with E-state index in [9.17, 15) is 0 Å². The van der Waals surface area contributed by atoms with E-state index in [4.69, 9.17) is 11.6 Å². The van der Waals surface area contributed by atoms with Gasteiger partial charge in [-0.25, -0.2) is 0 Å². The molecule has 2 aromatic rings. The largest absolute Gasteiger partial charge is 0.356 e. The van der Waals surface area contributed by atoms with Crippen LogP contribution < -0.4 is 10.6 Å². The lowest BCUT2D eigenvalue weighted by Crippen LogP contribution is -2.38. The number of benzene rings is 1. The molecule has 1 aromatic carbocycles. The van der Waals surface area contributed by atoms with E-state index in [-0.39, 0.29) is 24.0 Å². The quantitative estimate of drug-likeness (QED) is 0.408. The van der Waals surface area contributed by atoms with Crippen LogP contribution in [-0.4, -0.2) is 29.3 Å². The number of aryl methyl sites for hydroxylation is 2. The lowest BCUT2D eigenvalue weighted by Gasteiger charge is -2.12. The van der Waals surface area contributed by atoms with E-state index >= 15 is 0 Å². The van der Waals surface area contributed by atoms with Crippen molar-refractivity contribution in [2.24, 2.45) is 12.0 Å². The molecule has 7 heteroatoms. The molecule has 0 bridgehead atoms. The summed E-state index contributed by atoms with van der Waals surface area (Å²) >= 11 is 6.16. The first-order valence-electron chi connectivity index (χ1n) is 7.70. The van der Waals surface area contributed by atoms with E-state index in [1.54, 1.807) is 7.05 Å². The molecule has 0 unspecified atom stereocenters. The zero-order valence-corrected chi connectivity index (χ0v) is 17.6. The van der Waals surface area contributed by atoms with Crippen molar-refractivity contribution in [1.82, 2.24) is 20.4 Å². The summed E-state index contributed by atoms with van der Waals surface area (Å²) in [6, 6.07) is 7.80. The Morgan fingerprint density at radius 2 is 1.96 bits per heavy atom. The third-order valence-electron chi connectivity index (χ3n) is 3.95. The van der Waals surface area contributed by atoms with Gasteiger partial charge in [0, 0.05) is 37.9 Å². The SMILES string of the molecule is CN=C(NCCc1c(C)nn(C)c1C)NCc1ccccc1Cl.I. The van der Waals surface area contributed by atoms with Crippen LogP contribution >= 0.6 is 35.6 Å². The monoisotopic (exact) mass is 461 g/mol. The molecule has 5 nitrogen and oxygen atoms in total. The van der Waals surface area contributed by atoms with Gasteiger partial charge in [-0.15, -0.1) is 24.0 Å². The first kappa shape index (κ1) is 20.8. The van der Waals surface area contributed by atoms with Crippen molar-refractivity contribution in [3.8, 4) is 0 Å². The van der Waals surface area contributed by atoms with Crippen LogP contribution in [0, 0.1) is 13.8 Å². The van der Waals surface area contributed by atoms with Crippen molar-refractivity contribution in [2.45, 2.75) is 26.8 Å². The molecule has 0 aliphatic rings. The number of hydrogen-bond acceptors (Lipinski definition) is 2. The number of aliphatic imine (C=N–C) groups is 1. The number of rotatable bonds is 5. The van der Waals surface area contributed by atoms with Gasteiger partial charge in [0.1, 0.15) is 0 Å². The van der Waals surface area contributed by atoms with Crippen molar-refractivity contribution in [1.29, 1.82) is 0 Å². The van der Waals surface area contributed by atoms with E-state index in [2.05, 4.69) is 27.6 Å². The van der Waals surface area contributed by atoms with Crippen LogP contribution in [-0.2, 0) is 20.0 Å². The van der Waals surface area contributed by atoms with Crippen LogP contribution in [0.2, 0.25) is 5.02 Å². The zero-order chi connectivity index (χ0) is 16.8. The fourth-order valence-corrected chi connectivity index (χ4v) is 2.73. The topological polar surface area (TPSA) is 54.2 Å². The molecular formula is C17H25ClIN5. The Labute approximate surface area is 165 Å². The van der Waals surface area contributed by atoms with Crippen molar-refractivity contribution in [3.05, 3.63) is 51.8 Å². The maximum absolute atomic E-state index is 6.16. The van der Waals surface area contributed by atoms with Crippen LogP contribution in [0.4, 0.5) is 0 Å². The molecule has 1 aromatic heterocycles. The van der Waals surface area contributed by atoms with E-state index in [0.29, 0.717) is 6.54 Å². The molecule has 0 aliphatic heterocycles. The van der Waals surface area contributed by atoms with E-state index in [0.717, 1.165) is 35.2 Å². The van der Waals surface area contributed by atoms with Gasteiger partial charge in [0.15, 0.2) is 5.96 Å². The van der Waals surface area contributed by atoms with Crippen molar-refractivity contribution in [2.75, 3.05) is 13.6 Å². The molecule has 0 saturated carbocycles. The highest BCUT2D eigenvalue weighted by atomic mass is 127. The first-order valence-corrected chi connectivity index (χ1v) is 8.07. The summed E-state index contributed by atoms with van der Waals surface area (Å²) in [4.78, 5) is 4.24. The second-order valence-corrected chi connectivity index (χ2v) is 5.87. The summed E-state index contributed by atoms with van der Waals surface area (Å²) in [5.41, 5.74) is 4.65. The average Bonchev–Trinajstić information content (AvgIpc) is 2.78. The van der Waals surface area contributed by atoms with Crippen LogP contribution in [0.15, 0.2) is 29.3 Å². The number of guanidine groups is 1. The molecule has 0 aliphatic carbocycles. The number of nitrogens with zero attached hydrogens (tertiary/aromatic N) is 3. The second kappa shape index (κ2) is 9.88. The number of halogens is 2. The Morgan fingerprint density at radius 3 is 2.54 bits per heavy atom. The summed E-state index contributed by atoms with van der Waals surface area (Å²) in [7, 11) is 3.74. The fourth-order valence-electron chi connectivity index (χ4n) is 2.53. The number of aromatic nitrogens is 2. The van der Waals surface area contributed by atoms with Gasteiger partial charge in [-0.1, -0.05) is 29.8 Å². The fraction of sp³-hybridized carbons (Fsp3) is 0.412. The van der Waals surface area contributed by atoms with Gasteiger partial charge < -0.3 is 10.6 Å². The molecule has 0 fully saturated rings. The molecule has 2 N–H and O–H groups in total. The van der Waals surface area contributed by atoms with Crippen molar-refractivity contribution >= 4 is 41.5 Å². The molecule has 24 heavy (non-hydrogen) atoms. The van der Waals surface area contributed by atoms with E-state index in [1.807, 2.05) is 42.9 Å². The maximum Gasteiger partial charge on any atom is 0.191 e. The summed E-state index contributed by atoms with van der Waals surface area (Å²) < 4.78 is 1.93. The minimum atomic E-state index is 0. The predicted molar refractivity (Wildman–Crippen MR) is 111 cm³/mol. The summed E-state index contributed by atoms with van der Waals surface area (Å²) in [6.07, 6.45) is 0.915. The lowest BCUT2D eigenvalue weighted by molar-refractivity contribution is 0.729. The zero-order valence-electron chi connectivity index (χ0n) is 14.6. The highest BCUT2D eigenvalue weighted by Gasteiger charge is 2.09. The Morgan fingerprint density at radius 1 is 1.25 bits per heavy atom. The highest BCUT2D eigenvalue weighted by Crippen LogP contribution is 2.14. The normalized spacial score (nSPS) is 11.1. The summed E-state index contributed by atoms with van der Waals surface area (Å²) in [6.45, 7) is 5.59. The highest BCUT2D eigenvalue weighted by molar-refractivity contribution is 14.0. The van der Waals surface area contributed by atoms with E-state index in [1.165, 1.54) is 11.3 Å². The van der Waals surface area contributed by atoms with Gasteiger partial charge in [-0.2, -0.15) is 5.10 Å². The smallest absolute Gasteiger partial charge is 0.191 e. The van der Waals surface area contributed by atoms with Gasteiger partial charge in [0.05, 0.1) is 5.69 Å². The first-order chi connectivity index (χ1) is 11.0. The van der Waals surface area contributed by atoms with Crippen LogP contribution in [0.5, 0.6) is 0 Å². The van der Waals surface area contributed by atoms with Gasteiger partial charge >= 0.3 is 0 Å². The Bertz CT molecular complexity index is 696. The summed E-state index contributed by atoms with van der Waals surface area (Å²) in [5.74, 6) is 0.768. The molecule has 132 valence electrons. The molecule has 1 heterocycles. The maximum atomic E-state index is 6.16. The van der Waals surface area contributed by atoms with Gasteiger partial charge in [0.2, 0.25) is 0 Å². The molecule has 0 amide bonds. The van der Waals surface area contributed by atoms with Crippen LogP contribution in [0.25, 0.3) is 0 Å². The second-order valence-electron chi connectivity index (χ2n) is 5.47. The molecule has 0 atom stereocenters. The van der Waals surface area contributed by atoms with E-state index < -0.39 is 0 Å². The Hall–Kier alpha value is -1.28. The predicted octanol–water partition coefficient (Wildman–Crippen LogP) is 3.22. The van der Waals surface area contributed by atoms with Crippen LogP contribution in [0.3, 0.4) is 0 Å². The minimum Gasteiger partial charge on any atom is -0.356 e. The molecule has 0 spiro atoms. The standard InChI is InChI=1S/C17H24ClN5.HI/c1-12-15(13(2)23(4)22-12)9-10-20-17(19-3)21-11-14-7-5-6-8-16(14)18;/h5-8H,9-11H2,1-4H3,(H2,19,20,21);1H. The molecule has 0 saturated heterocycles. The Kier molecular flexibility index (Phi) is 8.55. The lowest BCUT2D eigenvalue weighted by atomic mass is 10.1. The molecule has 0 radical (unpaired) electrons. The molecule has 2 rings (SSSR count).